The normalized spacial score (nSPS) is 21.8. The highest BCUT2D eigenvalue weighted by Crippen LogP contribution is 2.10. The molecule has 68 valence electrons. The molecule has 0 spiro atoms. The van der Waals surface area contributed by atoms with Gasteiger partial charge in [0.05, 0.1) is 13.2 Å². The Balaban J connectivity index is 2.30. The average molecular weight is 174 g/mol. The van der Waals surface area contributed by atoms with Crippen molar-refractivity contribution in [2.45, 2.75) is 19.4 Å². The molecule has 1 aliphatic rings. The molecule has 0 aromatic carbocycles. The number of esters is 1. The Morgan fingerprint density at radius 1 is 1.75 bits per heavy atom. The second-order valence-corrected chi connectivity index (χ2v) is 2.25. The van der Waals surface area contributed by atoms with E-state index in [1.54, 1.807) is 6.92 Å². The second kappa shape index (κ2) is 3.94. The van der Waals surface area contributed by atoms with E-state index in [4.69, 9.17) is 0 Å². The fraction of sp³-hybridized carbons (Fsp3) is 0.714. The van der Waals surface area contributed by atoms with E-state index in [1.807, 2.05) is 0 Å². The van der Waals surface area contributed by atoms with Crippen LogP contribution in [0.15, 0.2) is 0 Å². The molecule has 0 bridgehead atoms. The largest absolute Gasteiger partial charge is 0.509 e. The molecule has 5 heteroatoms. The Hall–Kier alpha value is -1.26. The number of hydrogen-bond acceptors (Lipinski definition) is 5. The van der Waals surface area contributed by atoms with Crippen LogP contribution in [0.3, 0.4) is 0 Å². The Kier molecular flexibility index (Phi) is 2.90. The predicted molar refractivity (Wildman–Crippen MR) is 37.5 cm³/mol. The SMILES string of the molecule is CCOC(=O)OC1CCOC1=O. The number of cyclic esters (lactones) is 1. The molecule has 12 heavy (non-hydrogen) atoms. The molecule has 1 fully saturated rings. The molecule has 5 nitrogen and oxygen atoms in total. The van der Waals surface area contributed by atoms with Crippen molar-refractivity contribution in [3.8, 4) is 0 Å². The van der Waals surface area contributed by atoms with Crippen LogP contribution in [-0.2, 0) is 19.0 Å². The lowest BCUT2D eigenvalue weighted by atomic mass is 10.3. The van der Waals surface area contributed by atoms with Gasteiger partial charge in [-0.15, -0.1) is 0 Å². The van der Waals surface area contributed by atoms with Gasteiger partial charge in [-0.25, -0.2) is 9.59 Å². The van der Waals surface area contributed by atoms with Crippen LogP contribution in [0, 0.1) is 0 Å². The molecule has 0 aromatic heterocycles. The van der Waals surface area contributed by atoms with Gasteiger partial charge in [0.1, 0.15) is 0 Å². The zero-order chi connectivity index (χ0) is 8.97. The van der Waals surface area contributed by atoms with E-state index >= 15 is 0 Å². The van der Waals surface area contributed by atoms with Gasteiger partial charge in [0.25, 0.3) is 0 Å². The number of carbonyl (C=O) groups excluding carboxylic acids is 2. The van der Waals surface area contributed by atoms with Gasteiger partial charge in [0.15, 0.2) is 0 Å². The lowest BCUT2D eigenvalue weighted by Crippen LogP contribution is -2.23. The second-order valence-electron chi connectivity index (χ2n) is 2.25. The quantitative estimate of drug-likeness (QED) is 0.569. The van der Waals surface area contributed by atoms with E-state index in [1.165, 1.54) is 0 Å². The highest BCUT2D eigenvalue weighted by molar-refractivity contribution is 5.78. The van der Waals surface area contributed by atoms with Crippen LogP contribution >= 0.6 is 0 Å². The molecule has 1 saturated heterocycles. The molecular formula is C7H10O5. The molecule has 0 aromatic rings. The van der Waals surface area contributed by atoms with Gasteiger partial charge >= 0.3 is 12.1 Å². The Morgan fingerprint density at radius 3 is 3.00 bits per heavy atom. The van der Waals surface area contributed by atoms with Gasteiger partial charge < -0.3 is 14.2 Å². The molecule has 1 rings (SSSR count). The molecule has 0 saturated carbocycles. The Morgan fingerprint density at radius 2 is 2.50 bits per heavy atom. The predicted octanol–water partition coefficient (Wildman–Crippen LogP) is 0.475. The minimum Gasteiger partial charge on any atom is -0.463 e. The molecule has 1 unspecified atom stereocenters. The van der Waals surface area contributed by atoms with Crippen molar-refractivity contribution in [2.24, 2.45) is 0 Å². The third kappa shape index (κ3) is 2.11. The first-order valence-electron chi connectivity index (χ1n) is 3.74. The summed E-state index contributed by atoms with van der Waals surface area (Å²) in [6.07, 6.45) is -1.18. The minimum absolute atomic E-state index is 0.237. The van der Waals surface area contributed by atoms with Crippen LogP contribution in [0.5, 0.6) is 0 Å². The summed E-state index contributed by atoms with van der Waals surface area (Å²) in [5, 5.41) is 0. The summed E-state index contributed by atoms with van der Waals surface area (Å²) in [6, 6.07) is 0. The number of hydrogen-bond donors (Lipinski definition) is 0. The van der Waals surface area contributed by atoms with Gasteiger partial charge in [0, 0.05) is 6.42 Å². The van der Waals surface area contributed by atoms with Gasteiger partial charge in [-0.3, -0.25) is 0 Å². The highest BCUT2D eigenvalue weighted by Gasteiger charge is 2.30. The molecule has 1 aliphatic heterocycles. The third-order valence-electron chi connectivity index (χ3n) is 1.39. The van der Waals surface area contributed by atoms with E-state index in [9.17, 15) is 9.59 Å². The van der Waals surface area contributed by atoms with Crippen LogP contribution in [0.25, 0.3) is 0 Å². The maximum atomic E-state index is 10.8. The van der Waals surface area contributed by atoms with Crippen molar-refractivity contribution in [1.82, 2.24) is 0 Å². The summed E-state index contributed by atoms with van der Waals surface area (Å²) in [5.41, 5.74) is 0. The van der Waals surface area contributed by atoms with Crippen molar-refractivity contribution < 1.29 is 23.8 Å². The van der Waals surface area contributed by atoms with Crippen molar-refractivity contribution in [1.29, 1.82) is 0 Å². The smallest absolute Gasteiger partial charge is 0.463 e. The van der Waals surface area contributed by atoms with Crippen LogP contribution in [-0.4, -0.2) is 31.4 Å². The monoisotopic (exact) mass is 174 g/mol. The van der Waals surface area contributed by atoms with Crippen molar-refractivity contribution in [2.75, 3.05) is 13.2 Å². The fourth-order valence-electron chi connectivity index (χ4n) is 0.852. The summed E-state index contributed by atoms with van der Waals surface area (Å²) >= 11 is 0. The van der Waals surface area contributed by atoms with Gasteiger partial charge in [-0.2, -0.15) is 0 Å². The average Bonchev–Trinajstić information content (AvgIpc) is 2.37. The standard InChI is InChI=1S/C7H10O5/c1-2-10-7(9)12-5-3-4-11-6(5)8/h5H,2-4H2,1H3. The summed E-state index contributed by atoms with van der Waals surface area (Å²) in [6.45, 7) is 2.21. The van der Waals surface area contributed by atoms with Crippen molar-refractivity contribution >= 4 is 12.1 Å². The molecule has 0 N–H and O–H groups in total. The van der Waals surface area contributed by atoms with Crippen molar-refractivity contribution in [3.05, 3.63) is 0 Å². The summed E-state index contributed by atoms with van der Waals surface area (Å²) in [5.74, 6) is -0.497. The maximum Gasteiger partial charge on any atom is 0.509 e. The van der Waals surface area contributed by atoms with Gasteiger partial charge in [-0.1, -0.05) is 0 Å². The number of ether oxygens (including phenoxy) is 3. The zero-order valence-electron chi connectivity index (χ0n) is 6.74. The Labute approximate surface area is 69.6 Å². The highest BCUT2D eigenvalue weighted by atomic mass is 16.7. The van der Waals surface area contributed by atoms with E-state index in [0.29, 0.717) is 13.0 Å². The number of rotatable bonds is 2. The first kappa shape index (κ1) is 8.83. The molecule has 0 aliphatic carbocycles. The molecule has 0 radical (unpaired) electrons. The zero-order valence-corrected chi connectivity index (χ0v) is 6.74. The van der Waals surface area contributed by atoms with Crippen LogP contribution in [0.2, 0.25) is 0 Å². The van der Waals surface area contributed by atoms with E-state index < -0.39 is 18.2 Å². The van der Waals surface area contributed by atoms with E-state index in [-0.39, 0.29) is 6.61 Å². The third-order valence-corrected chi connectivity index (χ3v) is 1.39. The van der Waals surface area contributed by atoms with Gasteiger partial charge in [0.2, 0.25) is 6.10 Å². The Bertz CT molecular complexity index is 188. The van der Waals surface area contributed by atoms with E-state index in [2.05, 4.69) is 14.2 Å². The van der Waals surface area contributed by atoms with Gasteiger partial charge in [-0.05, 0) is 6.92 Å². The summed E-state index contributed by atoms with van der Waals surface area (Å²) < 4.78 is 13.7. The van der Waals surface area contributed by atoms with Crippen LogP contribution in [0.1, 0.15) is 13.3 Å². The minimum atomic E-state index is -0.818. The lowest BCUT2D eigenvalue weighted by Gasteiger charge is -2.06. The van der Waals surface area contributed by atoms with E-state index in [0.717, 1.165) is 0 Å². The van der Waals surface area contributed by atoms with Crippen LogP contribution < -0.4 is 0 Å². The summed E-state index contributed by atoms with van der Waals surface area (Å²) in [4.78, 5) is 21.5. The number of carbonyl (C=O) groups is 2. The maximum absolute atomic E-state index is 10.8. The molecule has 0 amide bonds. The first-order valence-corrected chi connectivity index (χ1v) is 3.74. The fourth-order valence-corrected chi connectivity index (χ4v) is 0.852. The topological polar surface area (TPSA) is 61.8 Å². The molecular weight excluding hydrogens is 164 g/mol. The lowest BCUT2D eigenvalue weighted by molar-refractivity contribution is -0.145. The first-order chi connectivity index (χ1) is 5.74. The molecule has 1 atom stereocenters. The summed E-state index contributed by atoms with van der Waals surface area (Å²) in [7, 11) is 0. The van der Waals surface area contributed by atoms with Crippen molar-refractivity contribution in [3.63, 3.8) is 0 Å². The molecule has 1 heterocycles. The van der Waals surface area contributed by atoms with Crippen LogP contribution in [0.4, 0.5) is 4.79 Å².